The highest BCUT2D eigenvalue weighted by Gasteiger charge is 2.19. The Kier molecular flexibility index (Phi) is 7.41. The first kappa shape index (κ1) is 21.1. The predicted octanol–water partition coefficient (Wildman–Crippen LogP) is 2.63. The Balaban J connectivity index is 1.71. The molecule has 0 heterocycles. The summed E-state index contributed by atoms with van der Waals surface area (Å²) >= 11 is 0. The van der Waals surface area contributed by atoms with Gasteiger partial charge in [0.05, 0.1) is 0 Å². The van der Waals surface area contributed by atoms with Crippen molar-refractivity contribution in [3.63, 3.8) is 0 Å². The van der Waals surface area contributed by atoms with Gasteiger partial charge in [0.15, 0.2) is 0 Å². The van der Waals surface area contributed by atoms with Crippen LogP contribution in [0.4, 0.5) is 4.39 Å². The second-order valence-corrected chi connectivity index (χ2v) is 7.11. The minimum atomic E-state index is -1.84. The number of rotatable bonds is 9. The van der Waals surface area contributed by atoms with E-state index in [0.717, 1.165) is 13.0 Å². The zero-order valence-electron chi connectivity index (χ0n) is 16.4. The third-order valence-electron chi connectivity index (χ3n) is 4.90. The molecule has 29 heavy (non-hydrogen) atoms. The predicted molar refractivity (Wildman–Crippen MR) is 114 cm³/mol. The number of benzene rings is 3. The van der Waals surface area contributed by atoms with Gasteiger partial charge in [-0.15, -0.1) is 0 Å². The molecule has 0 aliphatic heterocycles. The molecule has 0 fully saturated rings. The van der Waals surface area contributed by atoms with E-state index in [4.69, 9.17) is 14.8 Å². The zero-order chi connectivity index (χ0) is 20.6. The van der Waals surface area contributed by atoms with Gasteiger partial charge >= 0.3 is 7.12 Å². The van der Waals surface area contributed by atoms with Crippen LogP contribution in [0, 0.1) is 5.82 Å². The Hall–Kier alpha value is -2.67. The van der Waals surface area contributed by atoms with Crippen molar-refractivity contribution in [2.24, 2.45) is 0 Å². The summed E-state index contributed by atoms with van der Waals surface area (Å²) in [6.45, 7) is 1.14. The normalized spacial score (nSPS) is 12.0. The molecule has 0 bridgehead atoms. The first-order valence-corrected chi connectivity index (χ1v) is 9.59. The molecule has 0 aliphatic rings. The van der Waals surface area contributed by atoms with Gasteiger partial charge in [-0.1, -0.05) is 66.7 Å². The highest BCUT2D eigenvalue weighted by molar-refractivity contribution is 6.58. The van der Waals surface area contributed by atoms with Crippen LogP contribution in [0.3, 0.4) is 0 Å². The largest absolute Gasteiger partial charge is 0.492 e. The van der Waals surface area contributed by atoms with E-state index in [1.165, 1.54) is 23.3 Å². The lowest BCUT2D eigenvalue weighted by Gasteiger charge is -2.28. The SMILES string of the molecule is CN(Cc1ccccc1)C(COc1ccc(B(O)O)c(F)c1)Cc1ccccc1. The third kappa shape index (κ3) is 6.16. The molecule has 0 spiro atoms. The molecular weight excluding hydrogens is 368 g/mol. The molecule has 2 N–H and O–H groups in total. The molecule has 0 saturated carbocycles. The maximum absolute atomic E-state index is 14.0. The van der Waals surface area contributed by atoms with Crippen LogP contribution < -0.4 is 10.2 Å². The second-order valence-electron chi connectivity index (χ2n) is 7.11. The molecular formula is C23H25BFNO3. The molecule has 4 nitrogen and oxygen atoms in total. The van der Waals surface area contributed by atoms with Crippen molar-refractivity contribution in [1.29, 1.82) is 0 Å². The first-order chi connectivity index (χ1) is 14.0. The summed E-state index contributed by atoms with van der Waals surface area (Å²) in [5, 5.41) is 18.3. The van der Waals surface area contributed by atoms with Crippen molar-refractivity contribution < 1.29 is 19.2 Å². The molecule has 0 saturated heterocycles. The topological polar surface area (TPSA) is 52.9 Å². The van der Waals surface area contributed by atoms with E-state index in [-0.39, 0.29) is 11.5 Å². The van der Waals surface area contributed by atoms with Gasteiger partial charge in [0, 0.05) is 24.1 Å². The van der Waals surface area contributed by atoms with Crippen LogP contribution in [0.2, 0.25) is 0 Å². The molecule has 3 aromatic rings. The lowest BCUT2D eigenvalue weighted by Crippen LogP contribution is -2.38. The monoisotopic (exact) mass is 393 g/mol. The number of likely N-dealkylation sites (N-methyl/N-ethyl adjacent to an activating group) is 1. The molecule has 1 atom stereocenters. The average molecular weight is 393 g/mol. The Morgan fingerprint density at radius 3 is 2.14 bits per heavy atom. The summed E-state index contributed by atoms with van der Waals surface area (Å²) in [7, 11) is 0.211. The van der Waals surface area contributed by atoms with Crippen molar-refractivity contribution in [2.45, 2.75) is 19.0 Å². The number of hydrogen-bond donors (Lipinski definition) is 2. The lowest BCUT2D eigenvalue weighted by atomic mass is 9.80. The fourth-order valence-corrected chi connectivity index (χ4v) is 3.23. The standard InChI is InChI=1S/C23H25BFNO3/c1-26(16-19-10-6-3-7-11-19)20(14-18-8-4-2-5-9-18)17-29-21-12-13-22(24(27)28)23(25)15-21/h2-13,15,20,27-28H,14,16-17H2,1H3. The van der Waals surface area contributed by atoms with Crippen LogP contribution >= 0.6 is 0 Å². The average Bonchev–Trinajstić information content (AvgIpc) is 2.72. The lowest BCUT2D eigenvalue weighted by molar-refractivity contribution is 0.154. The van der Waals surface area contributed by atoms with Gasteiger partial charge in [-0.3, -0.25) is 4.90 Å². The van der Waals surface area contributed by atoms with Gasteiger partial charge in [0.1, 0.15) is 18.2 Å². The van der Waals surface area contributed by atoms with Crippen LogP contribution in [-0.4, -0.2) is 41.8 Å². The number of halogens is 1. The van der Waals surface area contributed by atoms with E-state index < -0.39 is 12.9 Å². The van der Waals surface area contributed by atoms with Crippen molar-refractivity contribution in [3.05, 3.63) is 95.8 Å². The number of nitrogens with zero attached hydrogens (tertiary/aromatic N) is 1. The second kappa shape index (κ2) is 10.2. The summed E-state index contributed by atoms with van der Waals surface area (Å²) in [6.07, 6.45) is 0.792. The van der Waals surface area contributed by atoms with Crippen LogP contribution in [-0.2, 0) is 13.0 Å². The summed E-state index contributed by atoms with van der Waals surface area (Å²) < 4.78 is 19.9. The molecule has 1 unspecified atom stereocenters. The van der Waals surface area contributed by atoms with E-state index in [9.17, 15) is 4.39 Å². The highest BCUT2D eigenvalue weighted by Crippen LogP contribution is 2.16. The Bertz CT molecular complexity index is 893. The fraction of sp³-hybridized carbons (Fsp3) is 0.217. The minimum absolute atomic E-state index is 0.0729. The van der Waals surface area contributed by atoms with Crippen molar-refractivity contribution >= 4 is 12.6 Å². The van der Waals surface area contributed by atoms with Gasteiger partial charge < -0.3 is 14.8 Å². The molecule has 0 amide bonds. The fourth-order valence-electron chi connectivity index (χ4n) is 3.23. The Morgan fingerprint density at radius 2 is 1.55 bits per heavy atom. The van der Waals surface area contributed by atoms with Gasteiger partial charge in [-0.25, -0.2) is 4.39 Å². The van der Waals surface area contributed by atoms with Crippen LogP contribution in [0.1, 0.15) is 11.1 Å². The molecule has 3 aromatic carbocycles. The van der Waals surface area contributed by atoms with E-state index in [1.807, 2.05) is 36.4 Å². The molecule has 6 heteroatoms. The van der Waals surface area contributed by atoms with Gasteiger partial charge in [-0.2, -0.15) is 0 Å². The van der Waals surface area contributed by atoms with Crippen molar-refractivity contribution in [2.75, 3.05) is 13.7 Å². The van der Waals surface area contributed by atoms with Crippen LogP contribution in [0.25, 0.3) is 0 Å². The molecule has 0 aromatic heterocycles. The molecule has 150 valence electrons. The quantitative estimate of drug-likeness (QED) is 0.549. The van der Waals surface area contributed by atoms with Gasteiger partial charge in [-0.05, 0) is 30.7 Å². The van der Waals surface area contributed by atoms with Gasteiger partial charge in [0.25, 0.3) is 0 Å². The van der Waals surface area contributed by atoms with Crippen LogP contribution in [0.5, 0.6) is 5.75 Å². The van der Waals surface area contributed by atoms with Crippen molar-refractivity contribution in [3.8, 4) is 5.75 Å². The summed E-state index contributed by atoms with van der Waals surface area (Å²) in [4.78, 5) is 2.23. The maximum atomic E-state index is 14.0. The Labute approximate surface area is 171 Å². The van der Waals surface area contributed by atoms with Gasteiger partial charge in [0.2, 0.25) is 0 Å². The van der Waals surface area contributed by atoms with E-state index in [0.29, 0.717) is 12.4 Å². The number of ether oxygens (including phenoxy) is 1. The van der Waals surface area contributed by atoms with E-state index >= 15 is 0 Å². The molecule has 3 rings (SSSR count). The van der Waals surface area contributed by atoms with Crippen molar-refractivity contribution in [1.82, 2.24) is 4.90 Å². The summed E-state index contributed by atoms with van der Waals surface area (Å²) in [5.41, 5.74) is 2.24. The smallest absolute Gasteiger partial charge is 0.491 e. The highest BCUT2D eigenvalue weighted by atomic mass is 19.1. The van der Waals surface area contributed by atoms with E-state index in [1.54, 1.807) is 6.07 Å². The molecule has 0 radical (unpaired) electrons. The summed E-state index contributed by atoms with van der Waals surface area (Å²) in [5.74, 6) is -0.340. The van der Waals surface area contributed by atoms with Crippen LogP contribution in [0.15, 0.2) is 78.9 Å². The first-order valence-electron chi connectivity index (χ1n) is 9.59. The maximum Gasteiger partial charge on any atom is 0.491 e. The minimum Gasteiger partial charge on any atom is -0.492 e. The zero-order valence-corrected chi connectivity index (χ0v) is 16.4. The molecule has 0 aliphatic carbocycles. The number of hydrogen-bond acceptors (Lipinski definition) is 4. The third-order valence-corrected chi connectivity index (χ3v) is 4.90. The van der Waals surface area contributed by atoms with E-state index in [2.05, 4.69) is 36.2 Å². The Morgan fingerprint density at radius 1 is 0.931 bits per heavy atom. The summed E-state index contributed by atoms with van der Waals surface area (Å²) in [6, 6.07) is 24.5.